The monoisotopic (exact) mass is 433 g/mol. The Labute approximate surface area is 169 Å². The second kappa shape index (κ2) is 8.81. The molecule has 9 nitrogen and oxygen atoms in total. The third kappa shape index (κ3) is 6.20. The average molecular weight is 434 g/mol. The molecule has 28 heavy (non-hydrogen) atoms. The van der Waals surface area contributed by atoms with Crippen LogP contribution in [0.15, 0.2) is 17.6 Å². The zero-order valence-corrected chi connectivity index (χ0v) is 19.6. The van der Waals surface area contributed by atoms with Gasteiger partial charge in [-0.3, -0.25) is 0 Å². The Hall–Kier alpha value is -1.62. The predicted molar refractivity (Wildman–Crippen MR) is 115 cm³/mol. The first-order valence-corrected chi connectivity index (χ1v) is 12.0. The van der Waals surface area contributed by atoms with Gasteiger partial charge in [-0.2, -0.15) is 16.8 Å². The van der Waals surface area contributed by atoms with Crippen LogP contribution in [0.25, 0.3) is 0 Å². The van der Waals surface area contributed by atoms with Crippen LogP contribution in [-0.4, -0.2) is 51.9 Å². The van der Waals surface area contributed by atoms with Gasteiger partial charge in [-0.15, -0.1) is 17.6 Å². The Morgan fingerprint density at radius 2 is 0.857 bits per heavy atom. The highest BCUT2D eigenvalue weighted by molar-refractivity contribution is 7.89. The molecule has 0 aromatic heterocycles. The van der Waals surface area contributed by atoms with Crippen molar-refractivity contribution in [3.63, 3.8) is 0 Å². The highest BCUT2D eigenvalue weighted by Crippen LogP contribution is 2.18. The lowest BCUT2D eigenvalue weighted by Gasteiger charge is -2.29. The van der Waals surface area contributed by atoms with E-state index >= 15 is 0 Å². The number of hydrogen-bond acceptors (Lipinski definition) is 5. The van der Waals surface area contributed by atoms with E-state index in [4.69, 9.17) is 0 Å². The summed E-state index contributed by atoms with van der Waals surface area (Å²) in [4.78, 5) is 1.76. The van der Waals surface area contributed by atoms with Crippen LogP contribution in [0, 0.1) is 23.7 Å². The van der Waals surface area contributed by atoms with Gasteiger partial charge in [0.25, 0.3) is 0 Å². The van der Waals surface area contributed by atoms with Gasteiger partial charge < -0.3 is 4.90 Å². The maximum absolute atomic E-state index is 11.4. The molecule has 11 heteroatoms. The summed E-state index contributed by atoms with van der Waals surface area (Å²) in [7, 11) is -5.43. The summed E-state index contributed by atoms with van der Waals surface area (Å²) in [5.74, 6) is 1.45. The molecule has 0 amide bonds. The summed E-state index contributed by atoms with van der Waals surface area (Å²) in [5, 5.41) is 0. The van der Waals surface area contributed by atoms with Crippen molar-refractivity contribution >= 4 is 43.5 Å². The van der Waals surface area contributed by atoms with Crippen LogP contribution in [0.2, 0.25) is 0 Å². The lowest BCUT2D eigenvalue weighted by Crippen LogP contribution is -2.42. The van der Waals surface area contributed by atoms with Gasteiger partial charge in [0.1, 0.15) is 11.7 Å². The molecular weight excluding hydrogens is 402 g/mol. The van der Waals surface area contributed by atoms with Crippen molar-refractivity contribution in [3.8, 4) is 0 Å². The smallest absolute Gasteiger partial charge is 0.319 e. The summed E-state index contributed by atoms with van der Waals surface area (Å²) in [5.41, 5.74) is 1.21. The van der Waals surface area contributed by atoms with Crippen LogP contribution in [0.3, 0.4) is 0 Å². The SMILES string of the molecule is CC(C)C1=NS(=O)(=O)N=C(C(C)C)N1C.CC(C)C1=NS(=O)(=O)N=C1C(C)C. The topological polar surface area (TPSA) is 121 Å². The highest BCUT2D eigenvalue weighted by Gasteiger charge is 2.28. The van der Waals surface area contributed by atoms with Crippen LogP contribution in [0.4, 0.5) is 0 Å². The first-order valence-electron chi connectivity index (χ1n) is 9.21. The van der Waals surface area contributed by atoms with Crippen molar-refractivity contribution in [1.82, 2.24) is 4.90 Å². The normalized spacial score (nSPS) is 20.7. The number of nitrogens with zero attached hydrogens (tertiary/aromatic N) is 5. The Bertz CT molecular complexity index is 863. The largest absolute Gasteiger partial charge is 0.366 e. The molecule has 0 bridgehead atoms. The standard InChI is InChI=1S/C9H17N3O2S.C8H14N2O2S/c1-6(2)8-10-15(13,14)11-9(7(3)4)12(8)5;1-5(2)7-8(6(3)4)10-13(11,12)9-7/h6-7H,1-5H3;5-6H,1-4H3. The van der Waals surface area contributed by atoms with Crippen molar-refractivity contribution in [2.24, 2.45) is 41.3 Å². The second-order valence-electron chi connectivity index (χ2n) is 7.93. The van der Waals surface area contributed by atoms with Crippen LogP contribution in [0.1, 0.15) is 55.4 Å². The quantitative estimate of drug-likeness (QED) is 0.675. The van der Waals surface area contributed by atoms with Crippen molar-refractivity contribution in [3.05, 3.63) is 0 Å². The minimum atomic E-state index is -3.67. The molecule has 0 fully saturated rings. The molecule has 160 valence electrons. The van der Waals surface area contributed by atoms with Gasteiger partial charge in [0.05, 0.1) is 11.4 Å². The molecule has 0 unspecified atom stereocenters. The van der Waals surface area contributed by atoms with Crippen LogP contribution >= 0.6 is 0 Å². The third-order valence-corrected chi connectivity index (χ3v) is 5.61. The third-order valence-electron chi connectivity index (χ3n) is 3.92. The zero-order chi connectivity index (χ0) is 22.0. The minimum absolute atomic E-state index is 0.0639. The van der Waals surface area contributed by atoms with Gasteiger partial charge in [-0.25, -0.2) is 0 Å². The van der Waals surface area contributed by atoms with E-state index in [0.29, 0.717) is 23.1 Å². The Kier molecular flexibility index (Phi) is 7.68. The molecule has 0 atom stereocenters. The van der Waals surface area contributed by atoms with Crippen molar-refractivity contribution in [1.29, 1.82) is 0 Å². The zero-order valence-electron chi connectivity index (χ0n) is 18.0. The number of rotatable bonds is 4. The van der Waals surface area contributed by atoms with E-state index < -0.39 is 20.4 Å². The molecule has 0 radical (unpaired) electrons. The van der Waals surface area contributed by atoms with Gasteiger partial charge in [0, 0.05) is 18.9 Å². The van der Waals surface area contributed by atoms with Gasteiger partial charge in [0.2, 0.25) is 0 Å². The van der Waals surface area contributed by atoms with E-state index in [9.17, 15) is 16.8 Å². The Balaban J connectivity index is 0.000000283. The molecule has 2 rings (SSSR count). The lowest BCUT2D eigenvalue weighted by atomic mass is 9.96. The molecule has 0 N–H and O–H groups in total. The van der Waals surface area contributed by atoms with Crippen molar-refractivity contribution < 1.29 is 16.8 Å². The van der Waals surface area contributed by atoms with E-state index in [1.54, 1.807) is 11.9 Å². The fourth-order valence-corrected chi connectivity index (χ4v) is 4.97. The van der Waals surface area contributed by atoms with E-state index in [1.807, 2.05) is 55.4 Å². The molecule has 0 aromatic rings. The Morgan fingerprint density at radius 3 is 1.11 bits per heavy atom. The molecule has 2 aliphatic rings. The first-order chi connectivity index (χ1) is 12.6. The average Bonchev–Trinajstić information content (AvgIpc) is 2.86. The molecule has 0 aromatic carbocycles. The predicted octanol–water partition coefficient (Wildman–Crippen LogP) is 2.72. The second-order valence-corrected chi connectivity index (χ2v) is 10.4. The van der Waals surface area contributed by atoms with Crippen molar-refractivity contribution in [2.45, 2.75) is 55.4 Å². The number of amidine groups is 2. The molecule has 2 heterocycles. The summed E-state index contributed by atoms with van der Waals surface area (Å²) in [6.07, 6.45) is 0. The fraction of sp³-hybridized carbons (Fsp3) is 0.765. The van der Waals surface area contributed by atoms with Crippen LogP contribution in [0.5, 0.6) is 0 Å². The molecule has 0 saturated heterocycles. The maximum atomic E-state index is 11.4. The summed E-state index contributed by atoms with van der Waals surface area (Å²) < 4.78 is 59.5. The van der Waals surface area contributed by atoms with E-state index in [2.05, 4.69) is 17.6 Å². The highest BCUT2D eigenvalue weighted by atomic mass is 32.2. The molecule has 2 aliphatic heterocycles. The first kappa shape index (κ1) is 24.4. The lowest BCUT2D eigenvalue weighted by molar-refractivity contribution is 0.580. The summed E-state index contributed by atoms with van der Waals surface area (Å²) in [6, 6.07) is 0. The number of hydrogen-bond donors (Lipinski definition) is 0. The summed E-state index contributed by atoms with van der Waals surface area (Å²) in [6.45, 7) is 15.3. The maximum Gasteiger partial charge on any atom is 0.366 e. The van der Waals surface area contributed by atoms with Gasteiger partial charge in [-0.1, -0.05) is 55.4 Å². The molecule has 0 aliphatic carbocycles. The fourth-order valence-electron chi connectivity index (χ4n) is 2.65. The minimum Gasteiger partial charge on any atom is -0.319 e. The van der Waals surface area contributed by atoms with E-state index in [0.717, 1.165) is 0 Å². The van der Waals surface area contributed by atoms with Gasteiger partial charge >= 0.3 is 20.4 Å². The van der Waals surface area contributed by atoms with Gasteiger partial charge in [-0.05, 0) is 11.8 Å². The molecular formula is C17H31N5O4S2. The van der Waals surface area contributed by atoms with E-state index in [-0.39, 0.29) is 23.7 Å². The molecule has 0 saturated carbocycles. The van der Waals surface area contributed by atoms with E-state index in [1.165, 1.54) is 0 Å². The van der Waals surface area contributed by atoms with Crippen LogP contribution < -0.4 is 0 Å². The summed E-state index contributed by atoms with van der Waals surface area (Å²) >= 11 is 0. The van der Waals surface area contributed by atoms with Gasteiger partial charge in [0.15, 0.2) is 0 Å². The van der Waals surface area contributed by atoms with Crippen LogP contribution in [-0.2, 0) is 20.4 Å². The Morgan fingerprint density at radius 1 is 0.571 bits per heavy atom. The van der Waals surface area contributed by atoms with Crippen molar-refractivity contribution in [2.75, 3.05) is 7.05 Å². The molecule has 0 spiro atoms.